The first kappa shape index (κ1) is 18.0. The first-order valence-electron chi connectivity index (χ1n) is 9.90. The first-order valence-corrected chi connectivity index (χ1v) is 9.90. The minimum absolute atomic E-state index is 0.117. The molecule has 5 nitrogen and oxygen atoms in total. The standard InChI is InChI=1S/C22H28N4O/c23-15-17-7-10-26(16-17)22(27)20-5-1-3-18(13-20)19-4-2-6-21(14-19)25-11-8-24-9-12-25/h1-6,13-14,17,24H,7-12,15-16,23H2. The summed E-state index contributed by atoms with van der Waals surface area (Å²) in [4.78, 5) is 17.2. The summed E-state index contributed by atoms with van der Waals surface area (Å²) in [6.45, 7) is 6.34. The molecule has 2 fully saturated rings. The van der Waals surface area contributed by atoms with E-state index in [1.165, 1.54) is 5.69 Å². The van der Waals surface area contributed by atoms with Gasteiger partial charge in [0.2, 0.25) is 0 Å². The Kier molecular flexibility index (Phi) is 5.41. The molecule has 2 saturated heterocycles. The lowest BCUT2D eigenvalue weighted by molar-refractivity contribution is 0.0787. The van der Waals surface area contributed by atoms with Crippen molar-refractivity contribution >= 4 is 11.6 Å². The number of hydrogen-bond acceptors (Lipinski definition) is 4. The summed E-state index contributed by atoms with van der Waals surface area (Å²) in [5, 5.41) is 3.39. The Morgan fingerprint density at radius 3 is 2.52 bits per heavy atom. The molecule has 1 amide bonds. The van der Waals surface area contributed by atoms with Crippen LogP contribution in [0.2, 0.25) is 0 Å². The molecule has 2 aromatic rings. The van der Waals surface area contributed by atoms with Gasteiger partial charge in [0.25, 0.3) is 5.91 Å². The summed E-state index contributed by atoms with van der Waals surface area (Å²) >= 11 is 0. The number of nitrogens with zero attached hydrogens (tertiary/aromatic N) is 2. The molecule has 0 aliphatic carbocycles. The van der Waals surface area contributed by atoms with Gasteiger partial charge in [-0.3, -0.25) is 4.79 Å². The number of amides is 1. The number of hydrogen-bond donors (Lipinski definition) is 2. The third-order valence-electron chi connectivity index (χ3n) is 5.68. The van der Waals surface area contributed by atoms with Gasteiger partial charge in [-0.1, -0.05) is 24.3 Å². The Hall–Kier alpha value is -2.37. The highest BCUT2D eigenvalue weighted by Gasteiger charge is 2.26. The molecule has 2 aliphatic heterocycles. The smallest absolute Gasteiger partial charge is 0.253 e. The van der Waals surface area contributed by atoms with E-state index in [-0.39, 0.29) is 5.91 Å². The highest BCUT2D eigenvalue weighted by Crippen LogP contribution is 2.27. The lowest BCUT2D eigenvalue weighted by Gasteiger charge is -2.29. The molecule has 0 aromatic heterocycles. The van der Waals surface area contributed by atoms with Crippen molar-refractivity contribution < 1.29 is 4.79 Å². The molecule has 0 radical (unpaired) electrons. The van der Waals surface area contributed by atoms with E-state index >= 15 is 0 Å². The molecule has 0 spiro atoms. The van der Waals surface area contributed by atoms with Gasteiger partial charge in [-0.25, -0.2) is 0 Å². The molecular weight excluding hydrogens is 336 g/mol. The van der Waals surface area contributed by atoms with Crippen LogP contribution in [0, 0.1) is 5.92 Å². The average molecular weight is 364 g/mol. The Bertz CT molecular complexity index is 800. The van der Waals surface area contributed by atoms with Crippen molar-refractivity contribution in [2.75, 3.05) is 50.7 Å². The molecule has 0 saturated carbocycles. The SMILES string of the molecule is NCC1CCN(C(=O)c2cccc(-c3cccc(N4CCNCC4)c3)c2)C1. The second kappa shape index (κ2) is 8.11. The lowest BCUT2D eigenvalue weighted by atomic mass is 10.0. The van der Waals surface area contributed by atoms with Gasteiger partial charge in [0, 0.05) is 50.5 Å². The number of carbonyl (C=O) groups is 1. The molecule has 2 heterocycles. The maximum atomic E-state index is 12.9. The molecule has 27 heavy (non-hydrogen) atoms. The van der Waals surface area contributed by atoms with E-state index < -0.39 is 0 Å². The van der Waals surface area contributed by atoms with Crippen LogP contribution < -0.4 is 16.0 Å². The van der Waals surface area contributed by atoms with Gasteiger partial charge in [0.1, 0.15) is 0 Å². The Morgan fingerprint density at radius 2 is 1.78 bits per heavy atom. The van der Waals surface area contributed by atoms with E-state index in [0.29, 0.717) is 12.5 Å². The van der Waals surface area contributed by atoms with Crippen LogP contribution in [-0.2, 0) is 0 Å². The zero-order valence-electron chi connectivity index (χ0n) is 15.7. The molecule has 5 heteroatoms. The predicted octanol–water partition coefficient (Wildman–Crippen LogP) is 2.18. The molecule has 2 aliphatic rings. The van der Waals surface area contributed by atoms with Gasteiger partial charge in [-0.15, -0.1) is 0 Å². The van der Waals surface area contributed by atoms with Crippen LogP contribution >= 0.6 is 0 Å². The average Bonchev–Trinajstić information content (AvgIpc) is 3.23. The molecule has 2 aromatic carbocycles. The largest absolute Gasteiger partial charge is 0.369 e. The number of carbonyl (C=O) groups excluding carboxylic acids is 1. The zero-order chi connectivity index (χ0) is 18.6. The van der Waals surface area contributed by atoms with Crippen molar-refractivity contribution in [1.82, 2.24) is 10.2 Å². The Balaban J connectivity index is 1.55. The van der Waals surface area contributed by atoms with Gasteiger partial charge in [0.15, 0.2) is 0 Å². The minimum Gasteiger partial charge on any atom is -0.369 e. The highest BCUT2D eigenvalue weighted by molar-refractivity contribution is 5.95. The summed E-state index contributed by atoms with van der Waals surface area (Å²) in [6.07, 6.45) is 1.01. The fourth-order valence-corrected chi connectivity index (χ4v) is 4.03. The van der Waals surface area contributed by atoms with Crippen molar-refractivity contribution in [3.8, 4) is 11.1 Å². The highest BCUT2D eigenvalue weighted by atomic mass is 16.2. The summed E-state index contributed by atoms with van der Waals surface area (Å²) in [6, 6.07) is 16.6. The fourth-order valence-electron chi connectivity index (χ4n) is 4.03. The maximum absolute atomic E-state index is 12.9. The summed E-state index contributed by atoms with van der Waals surface area (Å²) < 4.78 is 0. The number of anilines is 1. The number of likely N-dealkylation sites (tertiary alicyclic amines) is 1. The van der Waals surface area contributed by atoms with Gasteiger partial charge in [-0.05, 0) is 54.3 Å². The molecule has 1 unspecified atom stereocenters. The number of nitrogens with one attached hydrogen (secondary N) is 1. The number of piperazine rings is 1. The van der Waals surface area contributed by atoms with Gasteiger partial charge in [-0.2, -0.15) is 0 Å². The first-order chi connectivity index (χ1) is 13.2. The van der Waals surface area contributed by atoms with E-state index in [2.05, 4.69) is 40.5 Å². The third kappa shape index (κ3) is 3.99. The summed E-state index contributed by atoms with van der Waals surface area (Å²) in [5.74, 6) is 0.555. The van der Waals surface area contributed by atoms with Crippen molar-refractivity contribution in [2.24, 2.45) is 11.7 Å². The number of rotatable bonds is 4. The topological polar surface area (TPSA) is 61.6 Å². The van der Waals surface area contributed by atoms with Crippen molar-refractivity contribution in [3.63, 3.8) is 0 Å². The molecule has 1 atom stereocenters. The number of nitrogens with two attached hydrogens (primary N) is 1. The van der Waals surface area contributed by atoms with Crippen LogP contribution in [0.1, 0.15) is 16.8 Å². The van der Waals surface area contributed by atoms with E-state index in [4.69, 9.17) is 5.73 Å². The Morgan fingerprint density at radius 1 is 1.04 bits per heavy atom. The van der Waals surface area contributed by atoms with Crippen molar-refractivity contribution in [2.45, 2.75) is 6.42 Å². The Labute approximate surface area is 161 Å². The van der Waals surface area contributed by atoms with Crippen LogP contribution in [0.15, 0.2) is 48.5 Å². The minimum atomic E-state index is 0.117. The van der Waals surface area contributed by atoms with Crippen molar-refractivity contribution in [1.29, 1.82) is 0 Å². The van der Waals surface area contributed by atoms with Crippen LogP contribution in [0.25, 0.3) is 11.1 Å². The van der Waals surface area contributed by atoms with Gasteiger partial charge >= 0.3 is 0 Å². The zero-order valence-corrected chi connectivity index (χ0v) is 15.7. The molecule has 4 rings (SSSR count). The van der Waals surface area contributed by atoms with Gasteiger partial charge in [0.05, 0.1) is 0 Å². The van der Waals surface area contributed by atoms with E-state index in [0.717, 1.165) is 62.4 Å². The molecule has 3 N–H and O–H groups in total. The summed E-state index contributed by atoms with van der Waals surface area (Å²) in [5.41, 5.74) is 10.0. The molecular formula is C22H28N4O. The second-order valence-corrected chi connectivity index (χ2v) is 7.51. The third-order valence-corrected chi connectivity index (χ3v) is 5.68. The summed E-state index contributed by atoms with van der Waals surface area (Å²) in [7, 11) is 0. The fraction of sp³-hybridized carbons (Fsp3) is 0.409. The second-order valence-electron chi connectivity index (χ2n) is 7.51. The molecule has 142 valence electrons. The van der Waals surface area contributed by atoms with Crippen LogP contribution in [0.5, 0.6) is 0 Å². The van der Waals surface area contributed by atoms with Crippen LogP contribution in [-0.4, -0.2) is 56.6 Å². The van der Waals surface area contributed by atoms with E-state index in [1.54, 1.807) is 0 Å². The van der Waals surface area contributed by atoms with Crippen LogP contribution in [0.4, 0.5) is 5.69 Å². The maximum Gasteiger partial charge on any atom is 0.253 e. The van der Waals surface area contributed by atoms with Crippen molar-refractivity contribution in [3.05, 3.63) is 54.1 Å². The van der Waals surface area contributed by atoms with E-state index in [9.17, 15) is 4.79 Å². The quantitative estimate of drug-likeness (QED) is 0.873. The monoisotopic (exact) mass is 364 g/mol. The lowest BCUT2D eigenvalue weighted by Crippen LogP contribution is -2.43. The number of benzene rings is 2. The van der Waals surface area contributed by atoms with Crippen LogP contribution in [0.3, 0.4) is 0 Å². The molecule has 0 bridgehead atoms. The normalized spacial score (nSPS) is 20.1. The van der Waals surface area contributed by atoms with E-state index in [1.807, 2.05) is 23.1 Å². The van der Waals surface area contributed by atoms with Gasteiger partial charge < -0.3 is 20.9 Å². The predicted molar refractivity (Wildman–Crippen MR) is 110 cm³/mol.